The number of aromatic nitrogens is 2. The van der Waals surface area contributed by atoms with Gasteiger partial charge in [-0.1, -0.05) is 49.3 Å². The number of pyridine rings is 1. The van der Waals surface area contributed by atoms with E-state index in [1.165, 1.54) is 35.4 Å². The van der Waals surface area contributed by atoms with Gasteiger partial charge in [0.1, 0.15) is 15.8 Å². The van der Waals surface area contributed by atoms with Gasteiger partial charge in [-0.15, -0.1) is 0 Å². The number of carbonyl (C=O) groups is 1. The molecule has 6 nitrogen and oxygen atoms in total. The first-order chi connectivity index (χ1) is 14.0. The highest BCUT2D eigenvalue weighted by molar-refractivity contribution is 8.26. The van der Waals surface area contributed by atoms with Crippen LogP contribution in [0.15, 0.2) is 34.1 Å². The second kappa shape index (κ2) is 8.28. The van der Waals surface area contributed by atoms with E-state index in [4.69, 9.17) is 17.2 Å². The monoisotopic (exact) mass is 428 g/mol. The molecule has 0 aromatic carbocycles. The van der Waals surface area contributed by atoms with Gasteiger partial charge in [-0.3, -0.25) is 18.9 Å². The number of amides is 1. The fourth-order valence-electron chi connectivity index (χ4n) is 3.84. The van der Waals surface area contributed by atoms with Gasteiger partial charge < -0.3 is 5.32 Å². The van der Waals surface area contributed by atoms with Crippen molar-refractivity contribution < 1.29 is 4.79 Å². The lowest BCUT2D eigenvalue weighted by Crippen LogP contribution is -2.34. The average molecular weight is 429 g/mol. The van der Waals surface area contributed by atoms with Crippen molar-refractivity contribution in [3.63, 3.8) is 0 Å². The van der Waals surface area contributed by atoms with Crippen LogP contribution in [0.1, 0.15) is 51.5 Å². The van der Waals surface area contributed by atoms with Crippen molar-refractivity contribution in [1.29, 1.82) is 0 Å². The van der Waals surface area contributed by atoms with Crippen LogP contribution in [0.3, 0.4) is 0 Å². The maximum absolute atomic E-state index is 13.3. The van der Waals surface area contributed by atoms with Crippen molar-refractivity contribution in [3.05, 3.63) is 45.2 Å². The third-order valence-electron chi connectivity index (χ3n) is 5.33. The molecule has 8 heteroatoms. The summed E-state index contributed by atoms with van der Waals surface area (Å²) in [7, 11) is 0. The largest absolute Gasteiger partial charge is 0.367 e. The molecule has 2 aromatic heterocycles. The number of carbonyl (C=O) groups excluding carboxylic acids is 1. The molecule has 1 aliphatic heterocycles. The second-order valence-electron chi connectivity index (χ2n) is 7.73. The second-order valence-corrected chi connectivity index (χ2v) is 9.41. The molecule has 1 saturated heterocycles. The zero-order valence-corrected chi connectivity index (χ0v) is 18.2. The van der Waals surface area contributed by atoms with Crippen LogP contribution >= 0.6 is 24.0 Å². The topological polar surface area (TPSA) is 66.7 Å². The average Bonchev–Trinajstić information content (AvgIpc) is 2.99. The third kappa shape index (κ3) is 3.96. The number of hydrogen-bond acceptors (Lipinski definition) is 6. The van der Waals surface area contributed by atoms with Crippen LogP contribution in [-0.2, 0) is 4.79 Å². The molecule has 2 aliphatic rings. The zero-order chi connectivity index (χ0) is 20.5. The summed E-state index contributed by atoms with van der Waals surface area (Å²) in [5.41, 5.74) is 0.801. The van der Waals surface area contributed by atoms with E-state index in [9.17, 15) is 9.59 Å². The van der Waals surface area contributed by atoms with Crippen molar-refractivity contribution in [3.8, 4) is 0 Å². The van der Waals surface area contributed by atoms with Gasteiger partial charge in [0.15, 0.2) is 0 Å². The number of nitrogens with zero attached hydrogens (tertiary/aromatic N) is 3. The molecular weight excluding hydrogens is 404 g/mol. The summed E-state index contributed by atoms with van der Waals surface area (Å²) in [4.78, 5) is 32.9. The molecule has 2 fully saturated rings. The minimum absolute atomic E-state index is 0.0240. The predicted molar refractivity (Wildman–Crippen MR) is 122 cm³/mol. The molecule has 0 bridgehead atoms. The third-order valence-corrected chi connectivity index (χ3v) is 6.66. The van der Waals surface area contributed by atoms with Gasteiger partial charge in [0.2, 0.25) is 0 Å². The fourth-order valence-corrected chi connectivity index (χ4v) is 5.34. The Morgan fingerprint density at radius 2 is 2.00 bits per heavy atom. The number of hydrogen-bond donors (Lipinski definition) is 1. The maximum Gasteiger partial charge on any atom is 0.267 e. The van der Waals surface area contributed by atoms with Crippen LogP contribution < -0.4 is 10.9 Å². The SMILES string of the molecule is CC(C)N1C(=O)C(=Cc2c(NC3CCCCC3)nc3ccccn3c2=O)SC1=S. The highest BCUT2D eigenvalue weighted by Crippen LogP contribution is 2.34. The molecule has 0 spiro atoms. The van der Waals surface area contributed by atoms with Crippen LogP contribution in [0, 0.1) is 0 Å². The molecule has 152 valence electrons. The lowest BCUT2D eigenvalue weighted by Gasteiger charge is -2.24. The van der Waals surface area contributed by atoms with Crippen LogP contribution in [0.2, 0.25) is 0 Å². The Kier molecular flexibility index (Phi) is 5.74. The highest BCUT2D eigenvalue weighted by Gasteiger charge is 2.34. The molecule has 3 heterocycles. The fraction of sp³-hybridized carbons (Fsp3) is 0.429. The smallest absolute Gasteiger partial charge is 0.267 e. The van der Waals surface area contributed by atoms with Crippen molar-refractivity contribution in [2.45, 2.75) is 58.0 Å². The first kappa shape index (κ1) is 20.1. The Hall–Kier alpha value is -2.19. The Bertz CT molecular complexity index is 1050. The maximum atomic E-state index is 13.3. The molecule has 1 saturated carbocycles. The quantitative estimate of drug-likeness (QED) is 0.585. The van der Waals surface area contributed by atoms with Crippen molar-refractivity contribution in [1.82, 2.24) is 14.3 Å². The minimum atomic E-state index is -0.191. The molecule has 0 radical (unpaired) electrons. The van der Waals surface area contributed by atoms with Gasteiger partial charge in [-0.05, 0) is 44.9 Å². The van der Waals surface area contributed by atoms with Gasteiger partial charge in [0.25, 0.3) is 11.5 Å². The number of thiocarbonyl (C=S) groups is 1. The van der Waals surface area contributed by atoms with Gasteiger partial charge in [0.05, 0.1) is 10.5 Å². The molecule has 1 aliphatic carbocycles. The predicted octanol–water partition coefficient (Wildman–Crippen LogP) is 4.05. The number of nitrogens with one attached hydrogen (secondary N) is 1. The normalized spacial score (nSPS) is 19.7. The van der Waals surface area contributed by atoms with Crippen LogP contribution in [0.25, 0.3) is 11.7 Å². The standard InChI is InChI=1S/C21H24N4O2S2/c1-13(2)25-20(27)16(29-21(25)28)12-15-18(22-14-8-4-3-5-9-14)23-17-10-6-7-11-24(17)19(15)26/h6-7,10-14,22H,3-5,8-9H2,1-2H3. The zero-order valence-electron chi connectivity index (χ0n) is 16.6. The van der Waals surface area contributed by atoms with Crippen LogP contribution in [0.4, 0.5) is 5.82 Å². The molecular formula is C21H24N4O2S2. The van der Waals surface area contributed by atoms with Gasteiger partial charge in [-0.25, -0.2) is 4.98 Å². The van der Waals surface area contributed by atoms with E-state index in [2.05, 4.69) is 5.32 Å². The van der Waals surface area contributed by atoms with Crippen molar-refractivity contribution in [2.24, 2.45) is 0 Å². The van der Waals surface area contributed by atoms with E-state index >= 15 is 0 Å². The Morgan fingerprint density at radius 3 is 2.69 bits per heavy atom. The molecule has 2 aromatic rings. The molecule has 1 amide bonds. The summed E-state index contributed by atoms with van der Waals surface area (Å²) < 4.78 is 2.04. The van der Waals surface area contributed by atoms with Gasteiger partial charge >= 0.3 is 0 Å². The van der Waals surface area contributed by atoms with E-state index in [1.807, 2.05) is 26.0 Å². The van der Waals surface area contributed by atoms with Crippen molar-refractivity contribution in [2.75, 3.05) is 5.32 Å². The molecule has 0 unspecified atom stereocenters. The van der Waals surface area contributed by atoms with Crippen LogP contribution in [0.5, 0.6) is 0 Å². The molecule has 4 rings (SSSR count). The summed E-state index contributed by atoms with van der Waals surface area (Å²) in [6.07, 6.45) is 9.07. The molecule has 29 heavy (non-hydrogen) atoms. The lowest BCUT2D eigenvalue weighted by molar-refractivity contribution is -0.123. The number of rotatable bonds is 4. The molecule has 0 atom stereocenters. The van der Waals surface area contributed by atoms with Crippen molar-refractivity contribution >= 4 is 51.7 Å². The summed E-state index contributed by atoms with van der Waals surface area (Å²) in [6.45, 7) is 3.85. The van der Waals surface area contributed by atoms with E-state index in [-0.39, 0.29) is 17.5 Å². The van der Waals surface area contributed by atoms with Gasteiger partial charge in [-0.2, -0.15) is 0 Å². The van der Waals surface area contributed by atoms with E-state index < -0.39 is 0 Å². The minimum Gasteiger partial charge on any atom is -0.367 e. The Balaban J connectivity index is 1.80. The lowest BCUT2D eigenvalue weighted by atomic mass is 9.95. The van der Waals surface area contributed by atoms with Crippen LogP contribution in [-0.4, -0.2) is 36.6 Å². The number of anilines is 1. The summed E-state index contributed by atoms with van der Waals surface area (Å²) in [5.74, 6) is 0.388. The van der Waals surface area contributed by atoms with E-state index in [1.54, 1.807) is 23.2 Å². The van der Waals surface area contributed by atoms with Gasteiger partial charge in [0, 0.05) is 18.3 Å². The van der Waals surface area contributed by atoms with E-state index in [0.29, 0.717) is 32.3 Å². The first-order valence-electron chi connectivity index (χ1n) is 10.0. The number of thioether (sulfide) groups is 1. The molecule has 1 N–H and O–H groups in total. The number of fused-ring (bicyclic) bond motifs is 1. The van der Waals surface area contributed by atoms with E-state index in [0.717, 1.165) is 12.8 Å². The summed E-state index contributed by atoms with van der Waals surface area (Å²) in [6, 6.07) is 5.74. The highest BCUT2D eigenvalue weighted by atomic mass is 32.2. The first-order valence-corrected chi connectivity index (χ1v) is 11.2. The summed E-state index contributed by atoms with van der Waals surface area (Å²) >= 11 is 6.61. The Labute approximate surface area is 179 Å². The summed E-state index contributed by atoms with van der Waals surface area (Å²) in [5, 5.41) is 3.48. The Morgan fingerprint density at radius 1 is 1.24 bits per heavy atom.